The molecule has 0 atom stereocenters. The highest BCUT2D eigenvalue weighted by Crippen LogP contribution is 2.37. The van der Waals surface area contributed by atoms with Crippen LogP contribution >= 0.6 is 11.3 Å². The lowest BCUT2D eigenvalue weighted by molar-refractivity contribution is -0.129. The second-order valence-electron chi connectivity index (χ2n) is 6.65. The first-order chi connectivity index (χ1) is 14.1. The molecule has 1 aliphatic rings. The zero-order valence-electron chi connectivity index (χ0n) is 16.2. The maximum Gasteiger partial charge on any atom is 0.341 e. The molecule has 8 nitrogen and oxygen atoms in total. The highest BCUT2D eigenvalue weighted by atomic mass is 32.2. The first kappa shape index (κ1) is 21.9. The molecule has 11 heteroatoms. The van der Waals surface area contributed by atoms with Crippen LogP contribution in [0.15, 0.2) is 29.2 Å². The summed E-state index contributed by atoms with van der Waals surface area (Å²) in [4.78, 5) is 38.6. The summed E-state index contributed by atoms with van der Waals surface area (Å²) >= 11 is 1.11. The number of fused-ring (bicyclic) bond motifs is 1. The van der Waals surface area contributed by atoms with Crippen LogP contribution in [-0.2, 0) is 37.1 Å². The van der Waals surface area contributed by atoms with E-state index in [0.29, 0.717) is 25.1 Å². The average molecular weight is 455 g/mol. The number of esters is 1. The van der Waals surface area contributed by atoms with E-state index in [0.717, 1.165) is 40.5 Å². The molecule has 0 fully saturated rings. The average Bonchev–Trinajstić information content (AvgIpc) is 3.03. The Labute approximate surface area is 176 Å². The molecular formula is C19H19FN2O6S2. The van der Waals surface area contributed by atoms with Gasteiger partial charge in [-0.3, -0.25) is 9.59 Å². The van der Waals surface area contributed by atoms with E-state index >= 15 is 0 Å². The summed E-state index contributed by atoms with van der Waals surface area (Å²) in [5.41, 5.74) is 0.856. The smallest absolute Gasteiger partial charge is 0.341 e. The van der Waals surface area contributed by atoms with Crippen LogP contribution in [-0.4, -0.2) is 50.5 Å². The maximum absolute atomic E-state index is 13.0. The second kappa shape index (κ2) is 8.52. The number of rotatable bonds is 5. The van der Waals surface area contributed by atoms with Crippen molar-refractivity contribution in [1.82, 2.24) is 4.90 Å². The number of benzene rings is 1. The molecule has 2 amide bonds. The summed E-state index contributed by atoms with van der Waals surface area (Å²) in [5.74, 6) is -3.07. The van der Waals surface area contributed by atoms with Crippen LogP contribution in [0.25, 0.3) is 0 Å². The van der Waals surface area contributed by atoms with E-state index in [-0.39, 0.29) is 21.4 Å². The normalized spacial score (nSPS) is 13.5. The zero-order valence-corrected chi connectivity index (χ0v) is 17.9. The Morgan fingerprint density at radius 1 is 1.23 bits per heavy atom. The number of halogens is 1. The Balaban J connectivity index is 1.85. The van der Waals surface area contributed by atoms with Crippen LogP contribution in [0.1, 0.15) is 27.7 Å². The number of carbonyl (C=O) groups excluding carboxylic acids is 3. The second-order valence-corrected chi connectivity index (χ2v) is 9.75. The van der Waals surface area contributed by atoms with Gasteiger partial charge in [-0.05, 0) is 36.2 Å². The number of anilines is 1. The molecule has 0 unspecified atom stereocenters. The van der Waals surface area contributed by atoms with Crippen molar-refractivity contribution in [2.75, 3.05) is 24.7 Å². The first-order valence-electron chi connectivity index (χ1n) is 8.89. The lowest BCUT2D eigenvalue weighted by Gasteiger charge is -2.25. The number of nitrogens with zero attached hydrogens (tertiary/aromatic N) is 1. The fourth-order valence-electron chi connectivity index (χ4n) is 3.14. The van der Waals surface area contributed by atoms with Crippen LogP contribution < -0.4 is 5.32 Å². The van der Waals surface area contributed by atoms with Gasteiger partial charge in [-0.25, -0.2) is 17.6 Å². The molecule has 0 saturated heterocycles. The Morgan fingerprint density at radius 3 is 2.50 bits per heavy atom. The molecule has 1 N–H and O–H groups in total. The van der Waals surface area contributed by atoms with Gasteiger partial charge in [0.05, 0.1) is 24.1 Å². The number of methoxy groups -OCH3 is 1. The van der Waals surface area contributed by atoms with Crippen LogP contribution in [0.3, 0.4) is 0 Å². The number of amides is 2. The summed E-state index contributed by atoms with van der Waals surface area (Å²) < 4.78 is 42.7. The van der Waals surface area contributed by atoms with Crippen LogP contribution in [0.2, 0.25) is 0 Å². The highest BCUT2D eigenvalue weighted by Gasteiger charge is 2.30. The summed E-state index contributed by atoms with van der Waals surface area (Å²) in [7, 11) is -2.79. The molecular weight excluding hydrogens is 435 g/mol. The van der Waals surface area contributed by atoms with Gasteiger partial charge in [0.2, 0.25) is 11.8 Å². The minimum Gasteiger partial charge on any atom is -0.465 e. The van der Waals surface area contributed by atoms with Gasteiger partial charge in [0.25, 0.3) is 0 Å². The van der Waals surface area contributed by atoms with E-state index in [4.69, 9.17) is 4.74 Å². The fourth-order valence-corrected chi connectivity index (χ4v) is 5.54. The van der Waals surface area contributed by atoms with Crippen LogP contribution in [0, 0.1) is 5.82 Å². The minimum atomic E-state index is -4.00. The lowest BCUT2D eigenvalue weighted by atomic mass is 10.0. The molecule has 1 aliphatic heterocycles. The summed E-state index contributed by atoms with van der Waals surface area (Å²) in [6.07, 6.45) is 0.416. The lowest BCUT2D eigenvalue weighted by Crippen LogP contribution is -2.33. The topological polar surface area (TPSA) is 110 Å². The summed E-state index contributed by atoms with van der Waals surface area (Å²) in [6.45, 7) is 2.17. The number of hydrogen-bond acceptors (Lipinski definition) is 7. The number of carbonyl (C=O) groups is 3. The zero-order chi connectivity index (χ0) is 22.1. The number of nitrogens with one attached hydrogen (secondary N) is 1. The third-order valence-corrected chi connectivity index (χ3v) is 7.40. The van der Waals surface area contributed by atoms with Gasteiger partial charge in [-0.2, -0.15) is 0 Å². The van der Waals surface area contributed by atoms with Crippen LogP contribution in [0.4, 0.5) is 9.39 Å². The SMILES string of the molecule is COC(=O)c1c(NC(=O)CS(=O)(=O)c2ccc(F)cc2)sc2c1CCN(C(C)=O)C2. The van der Waals surface area contributed by atoms with Crippen molar-refractivity contribution in [3.8, 4) is 0 Å². The third kappa shape index (κ3) is 4.51. The highest BCUT2D eigenvalue weighted by molar-refractivity contribution is 7.92. The van der Waals surface area contributed by atoms with Gasteiger partial charge >= 0.3 is 5.97 Å². The molecule has 0 radical (unpaired) electrons. The number of sulfone groups is 1. The number of hydrogen-bond donors (Lipinski definition) is 1. The predicted octanol–water partition coefficient (Wildman–Crippen LogP) is 1.99. The van der Waals surface area contributed by atoms with Gasteiger partial charge in [0.15, 0.2) is 9.84 Å². The standard InChI is InChI=1S/C19H19FN2O6S2/c1-11(23)22-8-7-14-15(9-22)29-18(17(14)19(25)28-2)21-16(24)10-30(26,27)13-5-3-12(20)4-6-13/h3-6H,7-10H2,1-2H3,(H,21,24). The van der Waals surface area contributed by atoms with Crippen molar-refractivity contribution in [3.63, 3.8) is 0 Å². The van der Waals surface area contributed by atoms with Crippen molar-refractivity contribution in [2.24, 2.45) is 0 Å². The van der Waals surface area contributed by atoms with Crippen molar-refractivity contribution < 1.29 is 31.9 Å². The van der Waals surface area contributed by atoms with Gasteiger partial charge < -0.3 is 15.0 Å². The molecule has 0 spiro atoms. The van der Waals surface area contributed by atoms with E-state index in [1.54, 1.807) is 4.90 Å². The van der Waals surface area contributed by atoms with E-state index in [2.05, 4.69) is 5.32 Å². The monoisotopic (exact) mass is 454 g/mol. The molecule has 2 aromatic rings. The molecule has 0 saturated carbocycles. The molecule has 30 heavy (non-hydrogen) atoms. The molecule has 0 aliphatic carbocycles. The molecule has 1 aromatic carbocycles. The number of thiophene rings is 1. The quantitative estimate of drug-likeness (QED) is 0.547. The van der Waals surface area contributed by atoms with Gasteiger partial charge in [0, 0.05) is 18.3 Å². The van der Waals surface area contributed by atoms with Gasteiger partial charge in [-0.1, -0.05) is 0 Å². The largest absolute Gasteiger partial charge is 0.465 e. The third-order valence-electron chi connectivity index (χ3n) is 4.64. The Kier molecular flexibility index (Phi) is 6.22. The van der Waals surface area contributed by atoms with Crippen molar-refractivity contribution in [1.29, 1.82) is 0 Å². The van der Waals surface area contributed by atoms with Crippen molar-refractivity contribution in [3.05, 3.63) is 46.1 Å². The molecule has 1 aromatic heterocycles. The number of ether oxygens (including phenoxy) is 1. The Hall–Kier alpha value is -2.79. The van der Waals surface area contributed by atoms with Crippen molar-refractivity contribution in [2.45, 2.75) is 24.8 Å². The van der Waals surface area contributed by atoms with E-state index < -0.39 is 33.3 Å². The van der Waals surface area contributed by atoms with Crippen LogP contribution in [0.5, 0.6) is 0 Å². The molecule has 2 heterocycles. The van der Waals surface area contributed by atoms with Crippen molar-refractivity contribution >= 4 is 44.0 Å². The van der Waals surface area contributed by atoms with E-state index in [1.165, 1.54) is 14.0 Å². The Morgan fingerprint density at radius 2 is 1.90 bits per heavy atom. The molecule has 160 valence electrons. The first-order valence-corrected chi connectivity index (χ1v) is 11.4. The summed E-state index contributed by atoms with van der Waals surface area (Å²) in [5, 5.41) is 2.66. The van der Waals surface area contributed by atoms with E-state index in [1.807, 2.05) is 0 Å². The summed E-state index contributed by atoms with van der Waals surface area (Å²) in [6, 6.07) is 4.15. The van der Waals surface area contributed by atoms with Gasteiger partial charge in [-0.15, -0.1) is 11.3 Å². The Bertz CT molecular complexity index is 1110. The van der Waals surface area contributed by atoms with E-state index in [9.17, 15) is 27.2 Å². The fraction of sp³-hybridized carbons (Fsp3) is 0.316. The maximum atomic E-state index is 13.0. The predicted molar refractivity (Wildman–Crippen MR) is 108 cm³/mol. The minimum absolute atomic E-state index is 0.107. The van der Waals surface area contributed by atoms with Gasteiger partial charge in [0.1, 0.15) is 16.6 Å². The molecule has 0 bridgehead atoms. The molecule has 3 rings (SSSR count).